The first-order valence-corrected chi connectivity index (χ1v) is 8.02. The number of phenolic OH excluding ortho intramolecular Hbond substituents is 1. The van der Waals surface area contributed by atoms with E-state index in [1.165, 1.54) is 17.0 Å². The Hall–Kier alpha value is -2.24. The number of aromatic hydroxyl groups is 1. The highest BCUT2D eigenvalue weighted by molar-refractivity contribution is 8.18. The molecule has 4 nitrogen and oxygen atoms in total. The fourth-order valence-electron chi connectivity index (χ4n) is 2.21. The molecule has 1 saturated heterocycles. The van der Waals surface area contributed by atoms with Crippen LogP contribution in [0.4, 0.5) is 4.79 Å². The van der Waals surface area contributed by atoms with E-state index in [1.807, 2.05) is 6.07 Å². The lowest BCUT2D eigenvalue weighted by Gasteiger charge is -2.12. The Morgan fingerprint density at radius 2 is 1.91 bits per heavy atom. The van der Waals surface area contributed by atoms with Crippen molar-refractivity contribution in [3.8, 4) is 5.75 Å². The van der Waals surface area contributed by atoms with Gasteiger partial charge in [-0.25, -0.2) is 0 Å². The summed E-state index contributed by atoms with van der Waals surface area (Å²) in [6, 6.07) is 13.7. The van der Waals surface area contributed by atoms with Crippen molar-refractivity contribution in [1.29, 1.82) is 0 Å². The number of rotatable bonds is 3. The number of thioether (sulfide) groups is 1. The van der Waals surface area contributed by atoms with Gasteiger partial charge in [-0.3, -0.25) is 14.5 Å². The molecule has 2 amide bonds. The van der Waals surface area contributed by atoms with E-state index in [2.05, 4.69) is 0 Å². The van der Waals surface area contributed by atoms with Gasteiger partial charge in [0.2, 0.25) is 0 Å². The zero-order valence-corrected chi connectivity index (χ0v) is 13.5. The van der Waals surface area contributed by atoms with Gasteiger partial charge in [0.05, 0.1) is 11.4 Å². The van der Waals surface area contributed by atoms with Gasteiger partial charge in [0.15, 0.2) is 0 Å². The van der Waals surface area contributed by atoms with Crippen LogP contribution in [0, 0.1) is 0 Å². The predicted molar refractivity (Wildman–Crippen MR) is 91.1 cm³/mol. The number of halogens is 1. The second-order valence-electron chi connectivity index (χ2n) is 4.96. The molecule has 0 aliphatic carbocycles. The van der Waals surface area contributed by atoms with Crippen LogP contribution in [0.15, 0.2) is 53.4 Å². The second kappa shape index (κ2) is 6.48. The van der Waals surface area contributed by atoms with Crippen LogP contribution in [-0.4, -0.2) is 21.2 Å². The standard InChI is InChI=1S/C17H12ClNO3S/c18-13-6-3-4-11(8-13)10-19-16(21)15(23-17(19)22)9-12-5-1-2-7-14(12)20/h1-9,20H,10H2/b15-9-. The van der Waals surface area contributed by atoms with Crippen molar-refractivity contribution in [1.82, 2.24) is 4.90 Å². The Labute approximate surface area is 142 Å². The molecule has 1 fully saturated rings. The summed E-state index contributed by atoms with van der Waals surface area (Å²) in [5.41, 5.74) is 1.28. The first-order valence-electron chi connectivity index (χ1n) is 6.82. The van der Waals surface area contributed by atoms with Gasteiger partial charge >= 0.3 is 0 Å². The third-order valence-corrected chi connectivity index (χ3v) is 4.47. The smallest absolute Gasteiger partial charge is 0.293 e. The molecular weight excluding hydrogens is 334 g/mol. The number of amides is 2. The molecule has 0 atom stereocenters. The molecule has 1 heterocycles. The number of hydrogen-bond donors (Lipinski definition) is 1. The monoisotopic (exact) mass is 345 g/mol. The molecule has 116 valence electrons. The van der Waals surface area contributed by atoms with Crippen molar-refractivity contribution in [2.75, 3.05) is 0 Å². The number of imide groups is 1. The lowest BCUT2D eigenvalue weighted by atomic mass is 10.2. The first kappa shape index (κ1) is 15.6. The van der Waals surface area contributed by atoms with Gasteiger partial charge < -0.3 is 5.11 Å². The van der Waals surface area contributed by atoms with Crippen molar-refractivity contribution in [2.24, 2.45) is 0 Å². The first-order chi connectivity index (χ1) is 11.0. The summed E-state index contributed by atoms with van der Waals surface area (Å²) in [4.78, 5) is 26.0. The van der Waals surface area contributed by atoms with Gasteiger partial charge in [0.25, 0.3) is 11.1 Å². The zero-order valence-electron chi connectivity index (χ0n) is 11.9. The molecule has 0 radical (unpaired) electrons. The number of hydrogen-bond acceptors (Lipinski definition) is 4. The van der Waals surface area contributed by atoms with Crippen LogP contribution in [0.3, 0.4) is 0 Å². The van der Waals surface area contributed by atoms with Crippen LogP contribution >= 0.6 is 23.4 Å². The van der Waals surface area contributed by atoms with Crippen LogP contribution in [0.2, 0.25) is 5.02 Å². The highest BCUT2D eigenvalue weighted by atomic mass is 35.5. The maximum atomic E-state index is 12.4. The SMILES string of the molecule is O=C1S/C(=C\c2ccccc2O)C(=O)N1Cc1cccc(Cl)c1. The van der Waals surface area contributed by atoms with Gasteiger partial charge in [-0.05, 0) is 41.6 Å². The number of carbonyl (C=O) groups is 2. The lowest BCUT2D eigenvalue weighted by molar-refractivity contribution is -0.123. The minimum atomic E-state index is -0.372. The number of phenols is 1. The van der Waals surface area contributed by atoms with E-state index < -0.39 is 0 Å². The van der Waals surface area contributed by atoms with Crippen LogP contribution in [-0.2, 0) is 11.3 Å². The Kier molecular flexibility index (Phi) is 4.41. The summed E-state index contributed by atoms with van der Waals surface area (Å²) < 4.78 is 0. The topological polar surface area (TPSA) is 57.6 Å². The van der Waals surface area contributed by atoms with Crippen molar-refractivity contribution in [2.45, 2.75) is 6.54 Å². The Morgan fingerprint density at radius 1 is 1.13 bits per heavy atom. The minimum Gasteiger partial charge on any atom is -0.507 e. The van der Waals surface area contributed by atoms with E-state index in [4.69, 9.17) is 11.6 Å². The molecule has 0 bridgehead atoms. The van der Waals surface area contributed by atoms with Gasteiger partial charge in [-0.2, -0.15) is 0 Å². The molecule has 1 N–H and O–H groups in total. The molecule has 2 aromatic rings. The van der Waals surface area contributed by atoms with Crippen molar-refractivity contribution in [3.63, 3.8) is 0 Å². The quantitative estimate of drug-likeness (QED) is 0.843. The van der Waals surface area contributed by atoms with E-state index >= 15 is 0 Å². The molecule has 3 rings (SSSR count). The number of benzene rings is 2. The highest BCUT2D eigenvalue weighted by Crippen LogP contribution is 2.34. The molecule has 0 unspecified atom stereocenters. The van der Waals surface area contributed by atoms with E-state index in [9.17, 15) is 14.7 Å². The van der Waals surface area contributed by atoms with Gasteiger partial charge in [0.1, 0.15) is 5.75 Å². The van der Waals surface area contributed by atoms with E-state index in [1.54, 1.807) is 36.4 Å². The molecule has 23 heavy (non-hydrogen) atoms. The summed E-state index contributed by atoms with van der Waals surface area (Å²) in [6.45, 7) is 0.170. The van der Waals surface area contributed by atoms with E-state index in [0.717, 1.165) is 17.3 Å². The fourth-order valence-corrected chi connectivity index (χ4v) is 3.25. The van der Waals surface area contributed by atoms with Gasteiger partial charge in [-0.15, -0.1) is 0 Å². The third kappa shape index (κ3) is 3.41. The maximum absolute atomic E-state index is 12.4. The molecule has 1 aliphatic heterocycles. The van der Waals surface area contributed by atoms with E-state index in [0.29, 0.717) is 15.5 Å². The summed E-state index contributed by atoms with van der Waals surface area (Å²) >= 11 is 6.79. The highest BCUT2D eigenvalue weighted by Gasteiger charge is 2.35. The van der Waals surface area contributed by atoms with Crippen LogP contribution in [0.25, 0.3) is 6.08 Å². The fraction of sp³-hybridized carbons (Fsp3) is 0.0588. The number of nitrogens with zero attached hydrogens (tertiary/aromatic N) is 1. The summed E-state index contributed by atoms with van der Waals surface area (Å²) in [5, 5.41) is 9.99. The summed E-state index contributed by atoms with van der Waals surface area (Å²) in [6.07, 6.45) is 1.53. The summed E-state index contributed by atoms with van der Waals surface area (Å²) in [7, 11) is 0. The van der Waals surface area contributed by atoms with Gasteiger partial charge in [-0.1, -0.05) is 41.9 Å². The summed E-state index contributed by atoms with van der Waals surface area (Å²) in [5.74, 6) is -0.308. The molecular formula is C17H12ClNO3S. The van der Waals surface area contributed by atoms with Crippen molar-refractivity contribution >= 4 is 40.6 Å². The van der Waals surface area contributed by atoms with Gasteiger partial charge in [0, 0.05) is 10.6 Å². The molecule has 0 aromatic heterocycles. The lowest BCUT2D eigenvalue weighted by Crippen LogP contribution is -2.27. The predicted octanol–water partition coefficient (Wildman–Crippen LogP) is 4.28. The Bertz CT molecular complexity index is 819. The number of carbonyl (C=O) groups excluding carboxylic acids is 2. The largest absolute Gasteiger partial charge is 0.507 e. The van der Waals surface area contributed by atoms with Crippen LogP contribution in [0.5, 0.6) is 5.75 Å². The average molecular weight is 346 g/mol. The molecule has 0 saturated carbocycles. The zero-order chi connectivity index (χ0) is 16.4. The van der Waals surface area contributed by atoms with E-state index in [-0.39, 0.29) is 23.4 Å². The molecule has 2 aromatic carbocycles. The Balaban J connectivity index is 1.84. The maximum Gasteiger partial charge on any atom is 0.293 e. The van der Waals surface area contributed by atoms with Crippen molar-refractivity contribution in [3.05, 3.63) is 69.6 Å². The molecule has 0 spiro atoms. The molecule has 1 aliphatic rings. The van der Waals surface area contributed by atoms with Crippen LogP contribution in [0.1, 0.15) is 11.1 Å². The normalized spacial score (nSPS) is 16.4. The van der Waals surface area contributed by atoms with Crippen LogP contribution < -0.4 is 0 Å². The third-order valence-electron chi connectivity index (χ3n) is 3.33. The minimum absolute atomic E-state index is 0.0640. The molecule has 6 heteroatoms. The second-order valence-corrected chi connectivity index (χ2v) is 6.39. The average Bonchev–Trinajstić information content (AvgIpc) is 2.77. The number of para-hydroxylation sites is 1. The Morgan fingerprint density at radius 3 is 2.65 bits per heavy atom. The van der Waals surface area contributed by atoms with Crippen molar-refractivity contribution < 1.29 is 14.7 Å².